The molecule has 1 aromatic heterocycles. The maximum Gasteiger partial charge on any atom is 0.248 e. The Morgan fingerprint density at radius 2 is 1.65 bits per heavy atom. The van der Waals surface area contributed by atoms with E-state index in [1.807, 2.05) is 48.5 Å². The van der Waals surface area contributed by atoms with Crippen molar-refractivity contribution in [2.45, 2.75) is 12.5 Å². The normalized spacial score (nSPS) is 16.2. The molecule has 7 heteroatoms. The Bertz CT molecular complexity index is 1280. The number of carbonyl (C=O) groups is 1. The number of morpholine rings is 1. The van der Waals surface area contributed by atoms with Gasteiger partial charge in [0, 0.05) is 29.3 Å². The van der Waals surface area contributed by atoms with Crippen molar-refractivity contribution in [3.05, 3.63) is 66.7 Å². The molecular formula is C27H28N2O5. The van der Waals surface area contributed by atoms with Crippen molar-refractivity contribution in [2.75, 3.05) is 40.0 Å². The van der Waals surface area contributed by atoms with Crippen LogP contribution in [-0.4, -0.2) is 61.9 Å². The second kappa shape index (κ2) is 10.1. The molecule has 4 aromatic rings. The molecule has 3 aromatic carbocycles. The molecule has 2 heterocycles. The average Bonchev–Trinajstić information content (AvgIpc) is 3.25. The van der Waals surface area contributed by atoms with Gasteiger partial charge >= 0.3 is 0 Å². The van der Waals surface area contributed by atoms with Crippen molar-refractivity contribution in [3.8, 4) is 17.2 Å². The highest BCUT2D eigenvalue weighted by atomic mass is 16.5. The molecular weight excluding hydrogens is 432 g/mol. The van der Waals surface area contributed by atoms with E-state index < -0.39 is 0 Å². The lowest BCUT2D eigenvalue weighted by atomic mass is 10.1. The van der Waals surface area contributed by atoms with Crippen LogP contribution in [0.2, 0.25) is 0 Å². The van der Waals surface area contributed by atoms with Crippen LogP contribution in [0.1, 0.15) is 6.42 Å². The molecule has 5 rings (SSSR count). The number of hydrogen-bond acceptors (Lipinski definition) is 5. The third-order valence-electron chi connectivity index (χ3n) is 6.10. The number of carbonyl (C=O) groups excluding carboxylic acids is 1. The number of aromatic amines is 1. The van der Waals surface area contributed by atoms with Gasteiger partial charge in [0.1, 0.15) is 19.0 Å². The number of rotatable bonds is 9. The van der Waals surface area contributed by atoms with Gasteiger partial charge in [-0.1, -0.05) is 36.4 Å². The van der Waals surface area contributed by atoms with Gasteiger partial charge in [-0.15, -0.1) is 0 Å². The van der Waals surface area contributed by atoms with Crippen molar-refractivity contribution >= 4 is 27.7 Å². The molecule has 0 unspecified atom stereocenters. The third kappa shape index (κ3) is 4.65. The highest BCUT2D eigenvalue weighted by Gasteiger charge is 2.26. The van der Waals surface area contributed by atoms with Crippen molar-refractivity contribution in [2.24, 2.45) is 0 Å². The molecule has 0 bridgehead atoms. The second-order valence-corrected chi connectivity index (χ2v) is 8.26. The number of aromatic nitrogens is 1. The highest BCUT2D eigenvalue weighted by Crippen LogP contribution is 2.33. The smallest absolute Gasteiger partial charge is 0.248 e. The van der Waals surface area contributed by atoms with Crippen LogP contribution in [0.5, 0.6) is 17.2 Å². The van der Waals surface area contributed by atoms with Crippen LogP contribution >= 0.6 is 0 Å². The van der Waals surface area contributed by atoms with E-state index in [0.29, 0.717) is 44.2 Å². The van der Waals surface area contributed by atoms with E-state index in [4.69, 9.17) is 18.9 Å². The number of benzene rings is 3. The van der Waals surface area contributed by atoms with E-state index in [2.05, 4.69) is 23.2 Å². The van der Waals surface area contributed by atoms with Crippen LogP contribution in [0.25, 0.3) is 21.8 Å². The number of methoxy groups -OCH3 is 1. The number of amides is 1. The van der Waals surface area contributed by atoms with Gasteiger partial charge in [0.2, 0.25) is 5.91 Å². The zero-order valence-electron chi connectivity index (χ0n) is 19.2. The Morgan fingerprint density at radius 3 is 2.53 bits per heavy atom. The maximum absolute atomic E-state index is 12.3. The lowest BCUT2D eigenvalue weighted by Crippen LogP contribution is -2.48. The van der Waals surface area contributed by atoms with Crippen LogP contribution in [0.3, 0.4) is 0 Å². The lowest BCUT2D eigenvalue weighted by molar-refractivity contribution is -0.150. The van der Waals surface area contributed by atoms with E-state index in [1.54, 1.807) is 12.0 Å². The number of fused-ring (bicyclic) bond motifs is 3. The minimum Gasteiger partial charge on any atom is -0.493 e. The largest absolute Gasteiger partial charge is 0.493 e. The van der Waals surface area contributed by atoms with Crippen molar-refractivity contribution < 1.29 is 23.7 Å². The number of nitrogens with one attached hydrogen (secondary N) is 1. The van der Waals surface area contributed by atoms with Crippen LogP contribution < -0.4 is 14.2 Å². The summed E-state index contributed by atoms with van der Waals surface area (Å²) in [4.78, 5) is 17.6. The van der Waals surface area contributed by atoms with Crippen molar-refractivity contribution in [1.29, 1.82) is 0 Å². The zero-order valence-corrected chi connectivity index (χ0v) is 19.2. The summed E-state index contributed by atoms with van der Waals surface area (Å²) in [6, 6.07) is 21.8. The van der Waals surface area contributed by atoms with Crippen LogP contribution in [0.15, 0.2) is 66.7 Å². The topological polar surface area (TPSA) is 73.0 Å². The third-order valence-corrected chi connectivity index (χ3v) is 6.10. The SMILES string of the molecule is COc1ccccc1OCCN1C[C@@H](CCOc2cccc3[nH]c4ccccc4c23)OCC1=O. The molecule has 1 fully saturated rings. The molecule has 0 spiro atoms. The number of para-hydroxylation sites is 3. The van der Waals surface area contributed by atoms with Gasteiger partial charge in [-0.2, -0.15) is 0 Å². The molecule has 0 saturated carbocycles. The Morgan fingerprint density at radius 1 is 0.912 bits per heavy atom. The molecule has 1 aliphatic rings. The lowest BCUT2D eigenvalue weighted by Gasteiger charge is -2.32. The predicted octanol–water partition coefficient (Wildman–Crippen LogP) is 4.41. The molecule has 1 saturated heterocycles. The summed E-state index contributed by atoms with van der Waals surface area (Å²) in [6.45, 7) is 1.99. The molecule has 7 nitrogen and oxygen atoms in total. The maximum atomic E-state index is 12.3. The van der Waals surface area contributed by atoms with Gasteiger partial charge in [-0.25, -0.2) is 0 Å². The van der Waals surface area contributed by atoms with Crippen LogP contribution in [0, 0.1) is 0 Å². The molecule has 1 amide bonds. The molecule has 1 atom stereocenters. The first-order valence-electron chi connectivity index (χ1n) is 11.5. The summed E-state index contributed by atoms with van der Waals surface area (Å²) in [7, 11) is 1.61. The first-order chi connectivity index (χ1) is 16.7. The van der Waals surface area contributed by atoms with Gasteiger partial charge in [-0.3, -0.25) is 4.79 Å². The zero-order chi connectivity index (χ0) is 23.3. The van der Waals surface area contributed by atoms with E-state index in [-0.39, 0.29) is 18.6 Å². The monoisotopic (exact) mass is 460 g/mol. The van der Waals surface area contributed by atoms with Gasteiger partial charge in [0.05, 0.1) is 31.9 Å². The van der Waals surface area contributed by atoms with Gasteiger partial charge in [0.15, 0.2) is 11.5 Å². The molecule has 1 N–H and O–H groups in total. The first kappa shape index (κ1) is 22.1. The second-order valence-electron chi connectivity index (χ2n) is 8.26. The Hall–Kier alpha value is -3.71. The minimum atomic E-state index is -0.0777. The van der Waals surface area contributed by atoms with E-state index >= 15 is 0 Å². The highest BCUT2D eigenvalue weighted by molar-refractivity contribution is 6.10. The first-order valence-corrected chi connectivity index (χ1v) is 11.5. The van der Waals surface area contributed by atoms with Gasteiger partial charge in [0.25, 0.3) is 0 Å². The van der Waals surface area contributed by atoms with Gasteiger partial charge < -0.3 is 28.8 Å². The fourth-order valence-electron chi connectivity index (χ4n) is 4.36. The fourth-order valence-corrected chi connectivity index (χ4v) is 4.36. The molecule has 0 aliphatic carbocycles. The average molecular weight is 461 g/mol. The summed E-state index contributed by atoms with van der Waals surface area (Å²) < 4.78 is 23.1. The number of H-pyrrole nitrogens is 1. The van der Waals surface area contributed by atoms with E-state index in [9.17, 15) is 4.79 Å². The summed E-state index contributed by atoms with van der Waals surface area (Å²) in [5, 5.41) is 2.24. The summed E-state index contributed by atoms with van der Waals surface area (Å²) in [6.07, 6.45) is 0.613. The summed E-state index contributed by atoms with van der Waals surface area (Å²) in [5.41, 5.74) is 2.15. The number of nitrogens with zero attached hydrogens (tertiary/aromatic N) is 1. The summed E-state index contributed by atoms with van der Waals surface area (Å²) in [5.74, 6) is 2.17. The number of ether oxygens (including phenoxy) is 4. The van der Waals surface area contributed by atoms with Crippen LogP contribution in [0.4, 0.5) is 0 Å². The van der Waals surface area contributed by atoms with Crippen molar-refractivity contribution in [1.82, 2.24) is 9.88 Å². The number of hydrogen-bond donors (Lipinski definition) is 1. The Labute approximate surface area is 198 Å². The van der Waals surface area contributed by atoms with Crippen LogP contribution in [-0.2, 0) is 9.53 Å². The molecule has 176 valence electrons. The van der Waals surface area contributed by atoms with E-state index in [1.165, 1.54) is 0 Å². The van der Waals surface area contributed by atoms with Crippen molar-refractivity contribution in [3.63, 3.8) is 0 Å². The summed E-state index contributed by atoms with van der Waals surface area (Å²) >= 11 is 0. The van der Waals surface area contributed by atoms with Gasteiger partial charge in [-0.05, 0) is 30.3 Å². The fraction of sp³-hybridized carbons (Fsp3) is 0.296. The molecule has 1 aliphatic heterocycles. The quantitative estimate of drug-likeness (QED) is 0.401. The standard InChI is InChI=1S/C27H28N2O5/c1-31-23-10-4-5-11-24(23)33-16-14-29-17-19(34-18-26(29)30)13-15-32-25-12-6-9-22-27(25)20-7-2-3-8-21(20)28-22/h2-12,19,28H,13-18H2,1H3/t19-/m1/s1. The molecule has 34 heavy (non-hydrogen) atoms. The predicted molar refractivity (Wildman–Crippen MR) is 131 cm³/mol. The van der Waals surface area contributed by atoms with E-state index in [0.717, 1.165) is 27.6 Å². The Kier molecular flexibility index (Phi) is 6.53. The minimum absolute atomic E-state index is 0.0237. The molecule has 0 radical (unpaired) electrons. The Balaban J connectivity index is 1.16.